The molecule has 5 heteroatoms. The Morgan fingerprint density at radius 2 is 1.70 bits per heavy atom. The number of rotatable bonds is 4. The molecule has 132 valence electrons. The first-order chi connectivity index (χ1) is 13.2. The molecule has 0 radical (unpaired) electrons. The maximum Gasteiger partial charge on any atom is 0.163 e. The van der Waals surface area contributed by atoms with Crippen molar-refractivity contribution in [1.82, 2.24) is 15.0 Å². The molecule has 4 aromatic rings. The first-order valence-corrected chi connectivity index (χ1v) is 8.67. The van der Waals surface area contributed by atoms with Crippen molar-refractivity contribution >= 4 is 22.5 Å². The van der Waals surface area contributed by atoms with Crippen LogP contribution in [-0.2, 0) is 0 Å². The van der Waals surface area contributed by atoms with Crippen LogP contribution in [0.5, 0.6) is 0 Å². The smallest absolute Gasteiger partial charge is 0.163 e. The van der Waals surface area contributed by atoms with Gasteiger partial charge >= 0.3 is 0 Å². The van der Waals surface area contributed by atoms with Crippen LogP contribution in [0.3, 0.4) is 0 Å². The van der Waals surface area contributed by atoms with Gasteiger partial charge in [0.2, 0.25) is 0 Å². The number of anilines is 1. The Kier molecular flexibility index (Phi) is 4.34. The Balaban J connectivity index is 1.81. The van der Waals surface area contributed by atoms with E-state index in [9.17, 15) is 4.79 Å². The Labute approximate surface area is 157 Å². The lowest BCUT2D eigenvalue weighted by Crippen LogP contribution is -1.99. The van der Waals surface area contributed by atoms with Crippen molar-refractivity contribution in [3.8, 4) is 22.5 Å². The fraction of sp³-hybridized carbons (Fsp3) is 0.0909. The number of Topliss-reactive ketones (excluding diaryl/α,β-unsaturated/α-hetero) is 1. The number of nitrogens with one attached hydrogen (secondary N) is 1. The third kappa shape index (κ3) is 3.27. The van der Waals surface area contributed by atoms with Crippen LogP contribution in [0.4, 0.5) is 5.82 Å². The summed E-state index contributed by atoms with van der Waals surface area (Å²) < 4.78 is 0. The van der Waals surface area contributed by atoms with E-state index in [-0.39, 0.29) is 5.78 Å². The molecule has 4 rings (SSSR count). The van der Waals surface area contributed by atoms with Crippen molar-refractivity contribution in [3.63, 3.8) is 0 Å². The van der Waals surface area contributed by atoms with Gasteiger partial charge in [-0.3, -0.25) is 9.78 Å². The second-order valence-electron chi connectivity index (χ2n) is 6.25. The van der Waals surface area contributed by atoms with Crippen molar-refractivity contribution < 1.29 is 4.79 Å². The van der Waals surface area contributed by atoms with Crippen LogP contribution in [-0.4, -0.2) is 27.8 Å². The molecular formula is C22H18N4O. The highest BCUT2D eigenvalue weighted by Crippen LogP contribution is 2.29. The summed E-state index contributed by atoms with van der Waals surface area (Å²) in [6, 6.07) is 17.5. The molecule has 0 amide bonds. The fourth-order valence-electron chi connectivity index (χ4n) is 3.02. The first-order valence-electron chi connectivity index (χ1n) is 8.67. The number of hydrogen-bond acceptors (Lipinski definition) is 5. The molecule has 2 aromatic heterocycles. The topological polar surface area (TPSA) is 67.8 Å². The SMILES string of the molecule is CNc1nc(-c2cccnc2)nc2ccc(-c3ccc(C(C)=O)cc3)cc12. The minimum atomic E-state index is 0.0638. The van der Waals surface area contributed by atoms with E-state index >= 15 is 0 Å². The second kappa shape index (κ2) is 6.96. The van der Waals surface area contributed by atoms with E-state index < -0.39 is 0 Å². The highest BCUT2D eigenvalue weighted by atomic mass is 16.1. The van der Waals surface area contributed by atoms with Gasteiger partial charge in [-0.2, -0.15) is 0 Å². The van der Waals surface area contributed by atoms with Gasteiger partial charge in [-0.05, 0) is 42.3 Å². The van der Waals surface area contributed by atoms with E-state index in [0.717, 1.165) is 33.4 Å². The Bertz CT molecular complexity index is 1120. The van der Waals surface area contributed by atoms with Crippen LogP contribution >= 0.6 is 0 Å². The van der Waals surface area contributed by atoms with Crippen LogP contribution in [0.1, 0.15) is 17.3 Å². The standard InChI is InChI=1S/C22H18N4O/c1-14(27)15-5-7-16(8-6-15)17-9-10-20-19(12-17)22(23-2)26-21(25-20)18-4-3-11-24-13-18/h3-13H,1-2H3,(H,23,25,26). The molecule has 2 heterocycles. The van der Waals surface area contributed by atoms with Crippen molar-refractivity contribution in [1.29, 1.82) is 0 Å². The molecule has 1 N–H and O–H groups in total. The van der Waals surface area contributed by atoms with Gasteiger partial charge in [-0.1, -0.05) is 30.3 Å². The van der Waals surface area contributed by atoms with Gasteiger partial charge in [0, 0.05) is 36.0 Å². The maximum atomic E-state index is 11.5. The van der Waals surface area contributed by atoms with E-state index in [2.05, 4.69) is 21.4 Å². The first kappa shape index (κ1) is 16.8. The van der Waals surface area contributed by atoms with Crippen LogP contribution < -0.4 is 5.32 Å². The molecule has 5 nitrogen and oxygen atoms in total. The summed E-state index contributed by atoms with van der Waals surface area (Å²) in [5.41, 5.74) is 4.53. The summed E-state index contributed by atoms with van der Waals surface area (Å²) in [6.07, 6.45) is 3.48. The predicted molar refractivity (Wildman–Crippen MR) is 108 cm³/mol. The Morgan fingerprint density at radius 3 is 2.37 bits per heavy atom. The van der Waals surface area contributed by atoms with Crippen molar-refractivity contribution in [3.05, 3.63) is 72.6 Å². The highest BCUT2D eigenvalue weighted by Gasteiger charge is 2.10. The number of pyridine rings is 1. The molecule has 0 bridgehead atoms. The van der Waals surface area contributed by atoms with Gasteiger partial charge in [-0.15, -0.1) is 0 Å². The van der Waals surface area contributed by atoms with Gasteiger partial charge in [0.25, 0.3) is 0 Å². The number of fused-ring (bicyclic) bond motifs is 1. The van der Waals surface area contributed by atoms with Crippen LogP contribution in [0.2, 0.25) is 0 Å². The van der Waals surface area contributed by atoms with Gasteiger partial charge in [0.15, 0.2) is 11.6 Å². The van der Waals surface area contributed by atoms with Crippen molar-refractivity contribution in [2.45, 2.75) is 6.92 Å². The van der Waals surface area contributed by atoms with Crippen molar-refractivity contribution in [2.75, 3.05) is 12.4 Å². The zero-order valence-corrected chi connectivity index (χ0v) is 15.1. The zero-order valence-electron chi connectivity index (χ0n) is 15.1. The minimum absolute atomic E-state index is 0.0638. The lowest BCUT2D eigenvalue weighted by atomic mass is 10.0. The molecule has 0 unspecified atom stereocenters. The van der Waals surface area contributed by atoms with Gasteiger partial charge < -0.3 is 5.32 Å². The number of nitrogens with zero attached hydrogens (tertiary/aromatic N) is 3. The fourth-order valence-corrected chi connectivity index (χ4v) is 3.02. The average Bonchev–Trinajstić information content (AvgIpc) is 2.73. The minimum Gasteiger partial charge on any atom is -0.373 e. The highest BCUT2D eigenvalue weighted by molar-refractivity contribution is 5.96. The molecule has 0 saturated carbocycles. The molecule has 0 atom stereocenters. The number of hydrogen-bond donors (Lipinski definition) is 1. The third-order valence-corrected chi connectivity index (χ3v) is 4.48. The normalized spacial score (nSPS) is 10.7. The quantitative estimate of drug-likeness (QED) is 0.542. The summed E-state index contributed by atoms with van der Waals surface area (Å²) in [7, 11) is 1.85. The van der Waals surface area contributed by atoms with Crippen LogP contribution in [0.25, 0.3) is 33.4 Å². The molecule has 0 fully saturated rings. The Hall–Kier alpha value is -3.60. The Morgan fingerprint density at radius 1 is 0.926 bits per heavy atom. The van der Waals surface area contributed by atoms with E-state index in [1.165, 1.54) is 0 Å². The summed E-state index contributed by atoms with van der Waals surface area (Å²) in [5.74, 6) is 1.47. The molecule has 0 spiro atoms. The van der Waals surface area contributed by atoms with Crippen LogP contribution in [0, 0.1) is 0 Å². The lowest BCUT2D eigenvalue weighted by Gasteiger charge is -2.10. The molecule has 0 aliphatic carbocycles. The average molecular weight is 354 g/mol. The van der Waals surface area contributed by atoms with Gasteiger partial charge in [0.1, 0.15) is 5.82 Å². The number of benzene rings is 2. The lowest BCUT2D eigenvalue weighted by molar-refractivity contribution is 0.101. The van der Waals surface area contributed by atoms with E-state index in [0.29, 0.717) is 11.4 Å². The summed E-state index contributed by atoms with van der Waals surface area (Å²) in [5, 5.41) is 4.11. The van der Waals surface area contributed by atoms with Gasteiger partial charge in [-0.25, -0.2) is 9.97 Å². The number of aromatic nitrogens is 3. The van der Waals surface area contributed by atoms with Gasteiger partial charge in [0.05, 0.1) is 5.52 Å². The molecular weight excluding hydrogens is 336 g/mol. The molecule has 27 heavy (non-hydrogen) atoms. The molecule has 0 saturated heterocycles. The largest absolute Gasteiger partial charge is 0.373 e. The van der Waals surface area contributed by atoms with E-state index in [1.807, 2.05) is 55.6 Å². The summed E-state index contributed by atoms with van der Waals surface area (Å²) in [4.78, 5) is 25.0. The van der Waals surface area contributed by atoms with E-state index in [1.54, 1.807) is 19.3 Å². The third-order valence-electron chi connectivity index (χ3n) is 4.48. The number of ketones is 1. The predicted octanol–water partition coefficient (Wildman–Crippen LogP) is 4.60. The molecule has 2 aromatic carbocycles. The second-order valence-corrected chi connectivity index (χ2v) is 6.25. The van der Waals surface area contributed by atoms with Crippen molar-refractivity contribution in [2.24, 2.45) is 0 Å². The van der Waals surface area contributed by atoms with Crippen LogP contribution in [0.15, 0.2) is 67.0 Å². The number of carbonyl (C=O) groups is 1. The summed E-state index contributed by atoms with van der Waals surface area (Å²) in [6.45, 7) is 1.57. The zero-order chi connectivity index (χ0) is 18.8. The summed E-state index contributed by atoms with van der Waals surface area (Å²) >= 11 is 0. The molecule has 0 aliphatic rings. The monoisotopic (exact) mass is 354 g/mol. The van der Waals surface area contributed by atoms with E-state index in [4.69, 9.17) is 4.98 Å². The number of carbonyl (C=O) groups excluding carboxylic acids is 1. The molecule has 0 aliphatic heterocycles. The maximum absolute atomic E-state index is 11.5.